The van der Waals surface area contributed by atoms with Crippen molar-refractivity contribution in [2.45, 2.75) is 0 Å². The number of pyridine rings is 1. The number of amides is 2. The van der Waals surface area contributed by atoms with Crippen LogP contribution in [0.1, 0.15) is 20.7 Å². The SMILES string of the molecule is COc1cnc(-c2ccncn2)c2[nH]cc(C(=O)C(=O)N3CCN(C(=O)c4ccccc4)CC3)c12. The van der Waals surface area contributed by atoms with E-state index in [4.69, 9.17) is 4.74 Å². The normalized spacial score (nSPS) is 13.6. The maximum atomic E-state index is 13.3. The molecule has 10 nitrogen and oxygen atoms in total. The first-order chi connectivity index (χ1) is 17.1. The maximum Gasteiger partial charge on any atom is 0.295 e. The van der Waals surface area contributed by atoms with Crippen molar-refractivity contribution in [3.8, 4) is 17.1 Å². The average Bonchev–Trinajstić information content (AvgIpc) is 3.38. The summed E-state index contributed by atoms with van der Waals surface area (Å²) in [5.74, 6) is -0.999. The van der Waals surface area contributed by atoms with Crippen molar-refractivity contribution in [1.82, 2.24) is 29.7 Å². The maximum absolute atomic E-state index is 13.3. The van der Waals surface area contributed by atoms with Gasteiger partial charge in [-0.3, -0.25) is 14.4 Å². The standard InChI is InChI=1S/C25H22N6O4/c1-35-19-14-28-21(18-7-8-26-15-29-18)22-20(19)17(13-27-22)23(32)25(34)31-11-9-30(10-12-31)24(33)16-5-3-2-4-6-16/h2-8,13-15,27H,9-12H2,1H3. The van der Waals surface area contributed by atoms with Crippen molar-refractivity contribution in [3.63, 3.8) is 0 Å². The number of Topliss-reactive ketones (excluding diaryl/α,β-unsaturated/α-hetero) is 1. The van der Waals surface area contributed by atoms with Crippen LogP contribution in [0.2, 0.25) is 0 Å². The number of methoxy groups -OCH3 is 1. The molecule has 10 heteroatoms. The van der Waals surface area contributed by atoms with Gasteiger partial charge in [-0.15, -0.1) is 0 Å². The van der Waals surface area contributed by atoms with Gasteiger partial charge in [-0.25, -0.2) is 15.0 Å². The molecule has 1 aliphatic heterocycles. The van der Waals surface area contributed by atoms with Gasteiger partial charge in [0, 0.05) is 44.1 Å². The van der Waals surface area contributed by atoms with E-state index < -0.39 is 11.7 Å². The number of carbonyl (C=O) groups excluding carboxylic acids is 3. The summed E-state index contributed by atoms with van der Waals surface area (Å²) in [7, 11) is 1.48. The number of hydrogen-bond acceptors (Lipinski definition) is 7. The molecule has 176 valence electrons. The number of rotatable bonds is 5. The minimum absolute atomic E-state index is 0.0878. The summed E-state index contributed by atoms with van der Waals surface area (Å²) >= 11 is 0. The zero-order chi connectivity index (χ0) is 24.4. The van der Waals surface area contributed by atoms with Gasteiger partial charge in [0.1, 0.15) is 17.8 Å². The average molecular weight is 470 g/mol. The van der Waals surface area contributed by atoms with Gasteiger partial charge in [0.25, 0.3) is 17.6 Å². The number of ketones is 1. The van der Waals surface area contributed by atoms with E-state index in [0.29, 0.717) is 46.7 Å². The summed E-state index contributed by atoms with van der Waals surface area (Å²) < 4.78 is 5.44. The third-order valence-electron chi connectivity index (χ3n) is 6.03. The molecule has 0 bridgehead atoms. The molecule has 0 spiro atoms. The second-order valence-corrected chi connectivity index (χ2v) is 8.00. The predicted molar refractivity (Wildman–Crippen MR) is 127 cm³/mol. The van der Waals surface area contributed by atoms with Crippen LogP contribution in [0.15, 0.2) is 61.3 Å². The number of carbonyl (C=O) groups is 3. The minimum Gasteiger partial charge on any atom is -0.494 e. The van der Waals surface area contributed by atoms with Crippen LogP contribution in [-0.4, -0.2) is 80.6 Å². The second-order valence-electron chi connectivity index (χ2n) is 8.00. The zero-order valence-corrected chi connectivity index (χ0v) is 19.0. The number of hydrogen-bond donors (Lipinski definition) is 1. The van der Waals surface area contributed by atoms with Gasteiger partial charge in [0.05, 0.1) is 35.5 Å². The molecule has 0 aliphatic carbocycles. The number of H-pyrrole nitrogens is 1. The highest BCUT2D eigenvalue weighted by molar-refractivity contribution is 6.45. The Morgan fingerprint density at radius 2 is 1.71 bits per heavy atom. The first kappa shape index (κ1) is 22.2. The molecule has 1 N–H and O–H groups in total. The van der Waals surface area contributed by atoms with Gasteiger partial charge < -0.3 is 19.5 Å². The van der Waals surface area contributed by atoms with E-state index in [0.717, 1.165) is 0 Å². The number of aromatic amines is 1. The number of nitrogens with zero attached hydrogens (tertiary/aromatic N) is 5. The summed E-state index contributed by atoms with van der Waals surface area (Å²) in [5.41, 5.74) is 2.42. The fourth-order valence-electron chi connectivity index (χ4n) is 4.21. The van der Waals surface area contributed by atoms with Gasteiger partial charge in [-0.1, -0.05) is 18.2 Å². The van der Waals surface area contributed by atoms with Crippen LogP contribution in [-0.2, 0) is 4.79 Å². The van der Waals surface area contributed by atoms with Crippen LogP contribution < -0.4 is 4.74 Å². The molecular weight excluding hydrogens is 448 g/mol. The number of nitrogens with one attached hydrogen (secondary N) is 1. The molecule has 4 aromatic rings. The third kappa shape index (κ3) is 4.10. The van der Waals surface area contributed by atoms with Gasteiger partial charge in [0.2, 0.25) is 0 Å². The second kappa shape index (κ2) is 9.34. The fraction of sp³-hybridized carbons (Fsp3) is 0.200. The van der Waals surface area contributed by atoms with Crippen LogP contribution in [0, 0.1) is 0 Å². The monoisotopic (exact) mass is 470 g/mol. The Morgan fingerprint density at radius 3 is 2.40 bits per heavy atom. The third-order valence-corrected chi connectivity index (χ3v) is 6.03. The lowest BCUT2D eigenvalue weighted by Crippen LogP contribution is -2.52. The molecule has 3 aromatic heterocycles. The smallest absolute Gasteiger partial charge is 0.295 e. The van der Waals surface area contributed by atoms with E-state index in [1.165, 1.54) is 30.7 Å². The Hall–Kier alpha value is -4.60. The van der Waals surface area contributed by atoms with E-state index in [1.807, 2.05) is 18.2 Å². The molecule has 1 saturated heterocycles. The first-order valence-corrected chi connectivity index (χ1v) is 11.1. The molecule has 1 aliphatic rings. The first-order valence-electron chi connectivity index (χ1n) is 11.1. The largest absolute Gasteiger partial charge is 0.494 e. The zero-order valence-electron chi connectivity index (χ0n) is 19.0. The van der Waals surface area contributed by atoms with E-state index in [2.05, 4.69) is 19.9 Å². The molecule has 35 heavy (non-hydrogen) atoms. The molecule has 0 radical (unpaired) electrons. The van der Waals surface area contributed by atoms with Crippen LogP contribution in [0.3, 0.4) is 0 Å². The lowest BCUT2D eigenvalue weighted by atomic mass is 10.1. The van der Waals surface area contributed by atoms with Crippen LogP contribution in [0.4, 0.5) is 0 Å². The van der Waals surface area contributed by atoms with Crippen molar-refractivity contribution in [2.24, 2.45) is 0 Å². The minimum atomic E-state index is -0.655. The molecule has 0 unspecified atom stereocenters. The number of benzene rings is 1. The molecule has 2 amide bonds. The summed E-state index contributed by atoms with van der Waals surface area (Å²) in [6, 6.07) is 10.7. The molecular formula is C25H22N6O4. The number of piperazine rings is 1. The topological polar surface area (TPSA) is 121 Å². The Labute approximate surface area is 200 Å². The van der Waals surface area contributed by atoms with Gasteiger partial charge in [-0.05, 0) is 18.2 Å². The van der Waals surface area contributed by atoms with E-state index in [9.17, 15) is 14.4 Å². The van der Waals surface area contributed by atoms with Crippen molar-refractivity contribution < 1.29 is 19.1 Å². The molecule has 1 aromatic carbocycles. The van der Waals surface area contributed by atoms with E-state index in [-0.39, 0.29) is 24.6 Å². The molecule has 5 rings (SSSR count). The molecule has 0 atom stereocenters. The van der Waals surface area contributed by atoms with E-state index >= 15 is 0 Å². The lowest BCUT2D eigenvalue weighted by molar-refractivity contribution is -0.127. The Balaban J connectivity index is 1.37. The molecule has 1 fully saturated rings. The fourth-order valence-corrected chi connectivity index (χ4v) is 4.21. The van der Waals surface area contributed by atoms with Gasteiger partial charge in [-0.2, -0.15) is 0 Å². The predicted octanol–water partition coefficient (Wildman–Crippen LogP) is 2.20. The Bertz CT molecular complexity index is 1400. The van der Waals surface area contributed by atoms with Crippen molar-refractivity contribution in [2.75, 3.05) is 33.3 Å². The number of fused-ring (bicyclic) bond motifs is 1. The molecule has 0 saturated carbocycles. The van der Waals surface area contributed by atoms with Gasteiger partial charge in [0.15, 0.2) is 0 Å². The summed E-state index contributed by atoms with van der Waals surface area (Å²) in [6.07, 6.45) is 6.01. The van der Waals surface area contributed by atoms with E-state index in [1.54, 1.807) is 29.3 Å². The highest BCUT2D eigenvalue weighted by atomic mass is 16.5. The summed E-state index contributed by atoms with van der Waals surface area (Å²) in [4.78, 5) is 57.9. The van der Waals surface area contributed by atoms with Crippen molar-refractivity contribution in [3.05, 3.63) is 72.4 Å². The molecule has 4 heterocycles. The highest BCUT2D eigenvalue weighted by Gasteiger charge is 2.31. The lowest BCUT2D eigenvalue weighted by Gasteiger charge is -2.34. The quantitative estimate of drug-likeness (QED) is 0.351. The Morgan fingerprint density at radius 1 is 0.971 bits per heavy atom. The number of aromatic nitrogens is 4. The van der Waals surface area contributed by atoms with Crippen LogP contribution in [0.25, 0.3) is 22.3 Å². The van der Waals surface area contributed by atoms with Crippen molar-refractivity contribution in [1.29, 1.82) is 0 Å². The van der Waals surface area contributed by atoms with Crippen LogP contribution >= 0.6 is 0 Å². The van der Waals surface area contributed by atoms with Gasteiger partial charge >= 0.3 is 0 Å². The van der Waals surface area contributed by atoms with Crippen LogP contribution in [0.5, 0.6) is 5.75 Å². The highest BCUT2D eigenvalue weighted by Crippen LogP contribution is 2.34. The Kier molecular flexibility index (Phi) is 5.92. The summed E-state index contributed by atoms with van der Waals surface area (Å²) in [6.45, 7) is 1.25. The van der Waals surface area contributed by atoms with Crippen molar-refractivity contribution >= 4 is 28.5 Å². The number of ether oxygens (including phenoxy) is 1. The summed E-state index contributed by atoms with van der Waals surface area (Å²) in [5, 5.41) is 0.465.